The number of nitrogens with zero attached hydrogens (tertiary/aromatic N) is 2. The van der Waals surface area contributed by atoms with E-state index < -0.39 is 0 Å². The molecule has 0 saturated carbocycles. The van der Waals surface area contributed by atoms with Crippen molar-refractivity contribution in [2.45, 2.75) is 65.3 Å². The summed E-state index contributed by atoms with van der Waals surface area (Å²) >= 11 is 0. The fraction of sp³-hybridized carbons (Fsp3) is 0.750. The van der Waals surface area contributed by atoms with Crippen LogP contribution in [0.4, 0.5) is 0 Å². The summed E-state index contributed by atoms with van der Waals surface area (Å²) in [5.74, 6) is 0.148. The largest absolute Gasteiger partial charge is 0.353 e. The van der Waals surface area contributed by atoms with Gasteiger partial charge in [-0.05, 0) is 52.1 Å². The van der Waals surface area contributed by atoms with Crippen LogP contribution in [-0.4, -0.2) is 28.3 Å². The van der Waals surface area contributed by atoms with Crippen LogP contribution in [0.5, 0.6) is 0 Å². The van der Waals surface area contributed by atoms with Crippen molar-refractivity contribution in [1.29, 1.82) is 0 Å². The van der Waals surface area contributed by atoms with E-state index in [9.17, 15) is 4.79 Å². The van der Waals surface area contributed by atoms with Crippen molar-refractivity contribution >= 4 is 5.91 Å². The van der Waals surface area contributed by atoms with E-state index in [2.05, 4.69) is 24.3 Å². The molecule has 0 aliphatic carbocycles. The number of amides is 1. The number of carbonyl (C=O) groups excluding carboxylic acids is 1. The Hall–Kier alpha value is -1.36. The van der Waals surface area contributed by atoms with E-state index in [1.807, 2.05) is 18.7 Å². The van der Waals surface area contributed by atoms with Gasteiger partial charge in [-0.15, -0.1) is 0 Å². The quantitative estimate of drug-likeness (QED) is 0.684. The maximum Gasteiger partial charge on any atom is 0.220 e. The second-order valence-corrected chi connectivity index (χ2v) is 5.90. The highest BCUT2D eigenvalue weighted by molar-refractivity contribution is 5.76. The Morgan fingerprint density at radius 1 is 1.29 bits per heavy atom. The fourth-order valence-electron chi connectivity index (χ4n) is 2.60. The van der Waals surface area contributed by atoms with E-state index in [0.717, 1.165) is 44.3 Å². The van der Waals surface area contributed by atoms with Gasteiger partial charge in [0.05, 0.1) is 5.69 Å². The zero-order valence-corrected chi connectivity index (χ0v) is 13.9. The van der Waals surface area contributed by atoms with Gasteiger partial charge in [0, 0.05) is 25.2 Å². The van der Waals surface area contributed by atoms with Gasteiger partial charge >= 0.3 is 0 Å². The van der Waals surface area contributed by atoms with Gasteiger partial charge in [-0.1, -0.05) is 12.8 Å². The van der Waals surface area contributed by atoms with Gasteiger partial charge in [-0.2, -0.15) is 5.10 Å². The van der Waals surface area contributed by atoms with Crippen LogP contribution in [0.2, 0.25) is 0 Å². The molecule has 0 aliphatic heterocycles. The summed E-state index contributed by atoms with van der Waals surface area (Å²) in [5, 5.41) is 7.50. The molecule has 0 aromatic carbocycles. The molecular weight excluding hydrogens is 264 g/mol. The van der Waals surface area contributed by atoms with Gasteiger partial charge in [-0.25, -0.2) is 0 Å². The number of rotatable bonds is 9. The fourth-order valence-corrected chi connectivity index (χ4v) is 2.60. The van der Waals surface area contributed by atoms with Crippen molar-refractivity contribution in [2.75, 3.05) is 6.54 Å². The summed E-state index contributed by atoms with van der Waals surface area (Å²) in [6.45, 7) is 6.89. The average molecular weight is 294 g/mol. The Kier molecular flexibility index (Phi) is 7.43. The van der Waals surface area contributed by atoms with Gasteiger partial charge in [0.1, 0.15) is 0 Å². The molecule has 0 bridgehead atoms. The number of aryl methyl sites for hydroxylation is 2. The first-order chi connectivity index (χ1) is 9.95. The summed E-state index contributed by atoms with van der Waals surface area (Å²) in [4.78, 5) is 11.9. The molecule has 1 aromatic heterocycles. The molecule has 0 saturated heterocycles. The highest BCUT2D eigenvalue weighted by Gasteiger charge is 2.14. The maximum atomic E-state index is 11.9. The third-order valence-corrected chi connectivity index (χ3v) is 3.93. The molecule has 5 nitrogen and oxygen atoms in total. The van der Waals surface area contributed by atoms with Gasteiger partial charge in [0.2, 0.25) is 5.91 Å². The van der Waals surface area contributed by atoms with Gasteiger partial charge < -0.3 is 11.1 Å². The SMILES string of the molecule is Cc1nn(C)c(C)c1CC(C)NC(=O)CCCCCCN. The van der Waals surface area contributed by atoms with Crippen LogP contribution >= 0.6 is 0 Å². The molecule has 5 heteroatoms. The lowest BCUT2D eigenvalue weighted by Crippen LogP contribution is -2.34. The standard InChI is InChI=1S/C16H30N4O/c1-12(11-15-13(2)19-20(4)14(15)3)18-16(21)9-7-5-6-8-10-17/h12H,5-11,17H2,1-4H3,(H,18,21). The van der Waals surface area contributed by atoms with Crippen molar-refractivity contribution in [1.82, 2.24) is 15.1 Å². The van der Waals surface area contributed by atoms with E-state index in [0.29, 0.717) is 6.42 Å². The number of hydrogen-bond acceptors (Lipinski definition) is 3. The molecule has 1 heterocycles. The Bertz CT molecular complexity index is 453. The second kappa shape index (κ2) is 8.82. The summed E-state index contributed by atoms with van der Waals surface area (Å²) in [6, 6.07) is 0.142. The van der Waals surface area contributed by atoms with Crippen LogP contribution in [0.3, 0.4) is 0 Å². The number of aromatic nitrogens is 2. The number of nitrogens with one attached hydrogen (secondary N) is 1. The molecule has 1 aromatic rings. The number of nitrogens with two attached hydrogens (primary N) is 1. The molecule has 120 valence electrons. The molecule has 0 aliphatic rings. The van der Waals surface area contributed by atoms with E-state index in [-0.39, 0.29) is 11.9 Å². The average Bonchev–Trinajstić information content (AvgIpc) is 2.65. The molecule has 1 unspecified atom stereocenters. The van der Waals surface area contributed by atoms with E-state index in [1.54, 1.807) is 0 Å². The Morgan fingerprint density at radius 2 is 1.95 bits per heavy atom. The lowest BCUT2D eigenvalue weighted by atomic mass is 10.0. The molecule has 21 heavy (non-hydrogen) atoms. The normalized spacial score (nSPS) is 12.4. The summed E-state index contributed by atoms with van der Waals surface area (Å²) in [6.07, 6.45) is 5.65. The van der Waals surface area contributed by atoms with Crippen LogP contribution in [0.25, 0.3) is 0 Å². The Morgan fingerprint density at radius 3 is 2.52 bits per heavy atom. The number of hydrogen-bond donors (Lipinski definition) is 2. The smallest absolute Gasteiger partial charge is 0.220 e. The summed E-state index contributed by atoms with van der Waals surface area (Å²) in [7, 11) is 1.95. The van der Waals surface area contributed by atoms with Crippen LogP contribution in [0.15, 0.2) is 0 Å². The van der Waals surface area contributed by atoms with E-state index >= 15 is 0 Å². The lowest BCUT2D eigenvalue weighted by Gasteiger charge is -2.14. The Labute approximate surface area is 128 Å². The zero-order chi connectivity index (χ0) is 15.8. The van der Waals surface area contributed by atoms with Crippen molar-refractivity contribution in [3.63, 3.8) is 0 Å². The monoisotopic (exact) mass is 294 g/mol. The van der Waals surface area contributed by atoms with Crippen molar-refractivity contribution in [3.05, 3.63) is 17.0 Å². The first-order valence-corrected chi connectivity index (χ1v) is 7.94. The highest BCUT2D eigenvalue weighted by atomic mass is 16.1. The molecule has 0 spiro atoms. The zero-order valence-electron chi connectivity index (χ0n) is 13.9. The minimum Gasteiger partial charge on any atom is -0.353 e. The third-order valence-electron chi connectivity index (χ3n) is 3.93. The highest BCUT2D eigenvalue weighted by Crippen LogP contribution is 2.14. The summed E-state index contributed by atoms with van der Waals surface area (Å²) in [5.41, 5.74) is 8.92. The van der Waals surface area contributed by atoms with Gasteiger partial charge in [-0.3, -0.25) is 9.48 Å². The first kappa shape index (κ1) is 17.7. The van der Waals surface area contributed by atoms with E-state index in [4.69, 9.17) is 5.73 Å². The molecule has 3 N–H and O–H groups in total. The predicted molar refractivity (Wildman–Crippen MR) is 86.1 cm³/mol. The molecule has 0 fully saturated rings. The first-order valence-electron chi connectivity index (χ1n) is 7.94. The molecule has 1 atom stereocenters. The maximum absolute atomic E-state index is 11.9. The topological polar surface area (TPSA) is 72.9 Å². The molecule has 1 amide bonds. The van der Waals surface area contributed by atoms with Crippen LogP contribution < -0.4 is 11.1 Å². The van der Waals surface area contributed by atoms with Crippen LogP contribution in [0.1, 0.15) is 56.0 Å². The third kappa shape index (κ3) is 5.87. The second-order valence-electron chi connectivity index (χ2n) is 5.90. The number of carbonyl (C=O) groups is 1. The van der Waals surface area contributed by atoms with Gasteiger partial charge in [0.15, 0.2) is 0 Å². The predicted octanol–water partition coefficient (Wildman–Crippen LogP) is 1.99. The minimum absolute atomic E-state index is 0.142. The minimum atomic E-state index is 0.142. The number of unbranched alkanes of at least 4 members (excludes halogenated alkanes) is 3. The molecular formula is C16H30N4O. The molecule has 1 rings (SSSR count). The van der Waals surface area contributed by atoms with E-state index in [1.165, 1.54) is 11.3 Å². The summed E-state index contributed by atoms with van der Waals surface area (Å²) < 4.78 is 1.90. The van der Waals surface area contributed by atoms with Crippen LogP contribution in [0, 0.1) is 13.8 Å². The Balaban J connectivity index is 2.32. The van der Waals surface area contributed by atoms with Crippen molar-refractivity contribution < 1.29 is 4.79 Å². The van der Waals surface area contributed by atoms with Crippen molar-refractivity contribution in [3.8, 4) is 0 Å². The molecule has 0 radical (unpaired) electrons. The van der Waals surface area contributed by atoms with Crippen molar-refractivity contribution in [2.24, 2.45) is 12.8 Å². The van der Waals surface area contributed by atoms with Crippen LogP contribution in [-0.2, 0) is 18.3 Å². The van der Waals surface area contributed by atoms with Gasteiger partial charge in [0.25, 0.3) is 0 Å². The lowest BCUT2D eigenvalue weighted by molar-refractivity contribution is -0.121.